The molecule has 2 rings (SSSR count). The summed E-state index contributed by atoms with van der Waals surface area (Å²) in [6, 6.07) is 6.88. The van der Waals surface area contributed by atoms with E-state index in [1.807, 2.05) is 6.92 Å². The third kappa shape index (κ3) is 3.74. The molecule has 0 saturated heterocycles. The van der Waals surface area contributed by atoms with Crippen molar-refractivity contribution in [2.45, 2.75) is 51.7 Å². The summed E-state index contributed by atoms with van der Waals surface area (Å²) in [4.78, 5) is 0. The van der Waals surface area contributed by atoms with Gasteiger partial charge in [0.1, 0.15) is 5.75 Å². The molecule has 0 amide bonds. The molecule has 0 radical (unpaired) electrons. The second kappa shape index (κ2) is 6.59. The predicted molar refractivity (Wildman–Crippen MR) is 82.4 cm³/mol. The van der Waals surface area contributed by atoms with Gasteiger partial charge in [-0.1, -0.05) is 6.07 Å². The Bertz CT molecular complexity index is 443. The summed E-state index contributed by atoms with van der Waals surface area (Å²) in [6.07, 6.45) is 3.58. The third-order valence-corrected chi connectivity index (χ3v) is 3.97. The summed E-state index contributed by atoms with van der Waals surface area (Å²) in [5.41, 5.74) is 2.73. The molecule has 0 saturated carbocycles. The number of hydrogen-bond acceptors (Lipinski definition) is 3. The number of nitrogens with one attached hydrogen (secondary N) is 1. The third-order valence-electron chi connectivity index (χ3n) is 3.97. The fourth-order valence-corrected chi connectivity index (χ4v) is 2.94. The molecule has 0 aromatic heterocycles. The van der Waals surface area contributed by atoms with Crippen LogP contribution in [-0.4, -0.2) is 25.9 Å². The maximum Gasteiger partial charge on any atom is 0.119 e. The molecule has 1 unspecified atom stereocenters. The van der Waals surface area contributed by atoms with Gasteiger partial charge in [-0.05, 0) is 63.3 Å². The Morgan fingerprint density at radius 1 is 1.35 bits per heavy atom. The number of ether oxygens (including phenoxy) is 2. The van der Waals surface area contributed by atoms with E-state index >= 15 is 0 Å². The van der Waals surface area contributed by atoms with E-state index in [0.717, 1.165) is 25.3 Å². The maximum atomic E-state index is 5.76. The van der Waals surface area contributed by atoms with Crippen LogP contribution in [0.4, 0.5) is 0 Å². The van der Waals surface area contributed by atoms with Crippen LogP contribution in [0.2, 0.25) is 0 Å². The summed E-state index contributed by atoms with van der Waals surface area (Å²) in [5, 5.41) is 3.67. The molecule has 20 heavy (non-hydrogen) atoms. The Balaban J connectivity index is 2.05. The van der Waals surface area contributed by atoms with Crippen LogP contribution in [0.1, 0.15) is 50.8 Å². The van der Waals surface area contributed by atoms with Gasteiger partial charge in [0, 0.05) is 19.2 Å². The summed E-state index contributed by atoms with van der Waals surface area (Å²) in [5.74, 6) is 0.957. The smallest absolute Gasteiger partial charge is 0.119 e. The van der Waals surface area contributed by atoms with Gasteiger partial charge in [0.2, 0.25) is 0 Å². The molecule has 3 heteroatoms. The van der Waals surface area contributed by atoms with Crippen molar-refractivity contribution < 1.29 is 9.47 Å². The van der Waals surface area contributed by atoms with E-state index in [1.165, 1.54) is 24.0 Å². The Kier molecular flexibility index (Phi) is 5.06. The van der Waals surface area contributed by atoms with Crippen LogP contribution >= 0.6 is 0 Å². The molecule has 0 heterocycles. The maximum absolute atomic E-state index is 5.76. The van der Waals surface area contributed by atoms with E-state index in [-0.39, 0.29) is 5.60 Å². The molecule has 1 aromatic carbocycles. The minimum absolute atomic E-state index is 0.112. The summed E-state index contributed by atoms with van der Waals surface area (Å²) in [7, 11) is 1.73. The number of benzene rings is 1. The highest BCUT2D eigenvalue weighted by Crippen LogP contribution is 2.32. The molecule has 3 nitrogen and oxygen atoms in total. The first-order valence-corrected chi connectivity index (χ1v) is 7.60. The Hall–Kier alpha value is -1.06. The second-order valence-corrected chi connectivity index (χ2v) is 6.08. The molecule has 112 valence electrons. The molecule has 1 N–H and O–H groups in total. The Labute approximate surface area is 122 Å². The van der Waals surface area contributed by atoms with Crippen molar-refractivity contribution in [3.05, 3.63) is 29.3 Å². The highest BCUT2D eigenvalue weighted by Gasteiger charge is 2.24. The fraction of sp³-hybridized carbons (Fsp3) is 0.647. The van der Waals surface area contributed by atoms with E-state index < -0.39 is 0 Å². The largest absolute Gasteiger partial charge is 0.497 e. The molecule has 0 spiro atoms. The van der Waals surface area contributed by atoms with Gasteiger partial charge in [-0.2, -0.15) is 0 Å². The first-order chi connectivity index (χ1) is 9.55. The monoisotopic (exact) mass is 277 g/mol. The van der Waals surface area contributed by atoms with E-state index in [1.54, 1.807) is 7.11 Å². The number of hydrogen-bond donors (Lipinski definition) is 1. The average Bonchev–Trinajstić information content (AvgIpc) is 2.44. The first-order valence-electron chi connectivity index (χ1n) is 7.60. The predicted octanol–water partition coefficient (Wildman–Crippen LogP) is 3.48. The molecular weight excluding hydrogens is 250 g/mol. The highest BCUT2D eigenvalue weighted by atomic mass is 16.5. The van der Waals surface area contributed by atoms with Crippen molar-refractivity contribution >= 4 is 0 Å². The number of fused-ring (bicyclic) bond motifs is 1. The molecule has 0 bridgehead atoms. The van der Waals surface area contributed by atoms with Crippen molar-refractivity contribution in [3.63, 3.8) is 0 Å². The van der Waals surface area contributed by atoms with Gasteiger partial charge in [0.05, 0.1) is 12.7 Å². The summed E-state index contributed by atoms with van der Waals surface area (Å²) in [6.45, 7) is 7.95. The Morgan fingerprint density at radius 3 is 2.85 bits per heavy atom. The zero-order valence-corrected chi connectivity index (χ0v) is 13.2. The van der Waals surface area contributed by atoms with Crippen molar-refractivity contribution in [2.75, 3.05) is 20.3 Å². The van der Waals surface area contributed by atoms with Gasteiger partial charge in [0.15, 0.2) is 0 Å². The topological polar surface area (TPSA) is 30.5 Å². The minimum Gasteiger partial charge on any atom is -0.497 e. The second-order valence-electron chi connectivity index (χ2n) is 6.08. The fourth-order valence-electron chi connectivity index (χ4n) is 2.94. The van der Waals surface area contributed by atoms with E-state index in [9.17, 15) is 0 Å². The van der Waals surface area contributed by atoms with Gasteiger partial charge in [0.25, 0.3) is 0 Å². The molecular formula is C17H27NO2. The van der Waals surface area contributed by atoms with Gasteiger partial charge in [-0.15, -0.1) is 0 Å². The zero-order valence-electron chi connectivity index (χ0n) is 13.2. The van der Waals surface area contributed by atoms with Crippen LogP contribution in [0.15, 0.2) is 18.2 Å². The standard InChI is InChI=1S/C17H27NO2/c1-5-20-17(2,3)12-18-16-8-6-7-13-11-14(19-4)9-10-15(13)16/h9-11,16,18H,5-8,12H2,1-4H3. The lowest BCUT2D eigenvalue weighted by Crippen LogP contribution is -2.40. The molecule has 1 aromatic rings. The number of aryl methyl sites for hydroxylation is 1. The van der Waals surface area contributed by atoms with Crippen LogP contribution in [0.3, 0.4) is 0 Å². The molecule has 1 aliphatic carbocycles. The van der Waals surface area contributed by atoms with E-state index in [0.29, 0.717) is 6.04 Å². The lowest BCUT2D eigenvalue weighted by Gasteiger charge is -2.31. The lowest BCUT2D eigenvalue weighted by molar-refractivity contribution is -0.0109. The zero-order chi connectivity index (χ0) is 14.6. The molecule has 1 aliphatic rings. The van der Waals surface area contributed by atoms with Crippen LogP contribution in [0.25, 0.3) is 0 Å². The van der Waals surface area contributed by atoms with Crippen molar-refractivity contribution in [1.82, 2.24) is 5.32 Å². The van der Waals surface area contributed by atoms with Crippen molar-refractivity contribution in [1.29, 1.82) is 0 Å². The van der Waals surface area contributed by atoms with Crippen LogP contribution in [0, 0.1) is 0 Å². The van der Waals surface area contributed by atoms with Crippen LogP contribution in [0.5, 0.6) is 5.75 Å². The normalized spacial score (nSPS) is 18.7. The molecule has 1 atom stereocenters. The average molecular weight is 277 g/mol. The highest BCUT2D eigenvalue weighted by molar-refractivity contribution is 5.39. The van der Waals surface area contributed by atoms with Crippen LogP contribution < -0.4 is 10.1 Å². The van der Waals surface area contributed by atoms with Crippen molar-refractivity contribution in [2.24, 2.45) is 0 Å². The van der Waals surface area contributed by atoms with E-state index in [4.69, 9.17) is 9.47 Å². The van der Waals surface area contributed by atoms with Crippen molar-refractivity contribution in [3.8, 4) is 5.75 Å². The summed E-state index contributed by atoms with van der Waals surface area (Å²) < 4.78 is 11.1. The Morgan fingerprint density at radius 2 is 2.15 bits per heavy atom. The molecule has 0 fully saturated rings. The SMILES string of the molecule is CCOC(C)(C)CNC1CCCc2cc(OC)ccc21. The van der Waals surface area contributed by atoms with Gasteiger partial charge < -0.3 is 14.8 Å². The number of rotatable bonds is 6. The van der Waals surface area contributed by atoms with Crippen LogP contribution in [-0.2, 0) is 11.2 Å². The number of methoxy groups -OCH3 is 1. The quantitative estimate of drug-likeness (QED) is 0.863. The van der Waals surface area contributed by atoms with Gasteiger partial charge in [-0.3, -0.25) is 0 Å². The van der Waals surface area contributed by atoms with Gasteiger partial charge in [-0.25, -0.2) is 0 Å². The first kappa shape index (κ1) is 15.3. The van der Waals surface area contributed by atoms with Gasteiger partial charge >= 0.3 is 0 Å². The van der Waals surface area contributed by atoms with E-state index in [2.05, 4.69) is 37.4 Å². The molecule has 0 aliphatic heterocycles. The lowest BCUT2D eigenvalue weighted by atomic mass is 9.87. The summed E-state index contributed by atoms with van der Waals surface area (Å²) >= 11 is 0. The minimum atomic E-state index is -0.112.